The lowest BCUT2D eigenvalue weighted by molar-refractivity contribution is -0.135. The molecule has 20 heavy (non-hydrogen) atoms. The van der Waals surface area contributed by atoms with Crippen molar-refractivity contribution in [3.8, 4) is 0 Å². The normalized spacial score (nSPS) is 10.3. The summed E-state index contributed by atoms with van der Waals surface area (Å²) in [6.07, 6.45) is 0. The maximum atomic E-state index is 12.5. The number of hydrogen-bond acceptors (Lipinski definition) is 3. The standard InChI is InChI=1S/C13H9Br2NO3S/c14-9-6-10(20-12(9)15)13(19)16(7-11(17)18)8-4-2-1-3-5-8/h1-6H,7H2,(H,17,18). The zero-order valence-electron chi connectivity index (χ0n) is 10.0. The number of halogens is 2. The van der Waals surface area contributed by atoms with E-state index in [1.807, 2.05) is 6.07 Å². The molecule has 1 amide bonds. The minimum absolute atomic E-state index is 0.338. The monoisotopic (exact) mass is 417 g/mol. The topological polar surface area (TPSA) is 57.6 Å². The molecule has 0 saturated carbocycles. The van der Waals surface area contributed by atoms with E-state index in [1.54, 1.807) is 30.3 Å². The Hall–Kier alpha value is -1.18. The minimum atomic E-state index is -1.06. The van der Waals surface area contributed by atoms with Crippen molar-refractivity contribution in [2.24, 2.45) is 0 Å². The Morgan fingerprint density at radius 2 is 1.85 bits per heavy atom. The molecule has 4 nitrogen and oxygen atoms in total. The van der Waals surface area contributed by atoms with Crippen LogP contribution < -0.4 is 4.90 Å². The predicted molar refractivity (Wildman–Crippen MR) is 85.5 cm³/mol. The highest BCUT2D eigenvalue weighted by molar-refractivity contribution is 9.13. The van der Waals surface area contributed by atoms with Gasteiger partial charge in [0.15, 0.2) is 0 Å². The van der Waals surface area contributed by atoms with Crippen molar-refractivity contribution in [1.82, 2.24) is 0 Å². The van der Waals surface area contributed by atoms with Gasteiger partial charge in [0.1, 0.15) is 6.54 Å². The van der Waals surface area contributed by atoms with Gasteiger partial charge in [-0.15, -0.1) is 11.3 Å². The van der Waals surface area contributed by atoms with E-state index in [0.717, 1.165) is 8.26 Å². The molecular weight excluding hydrogens is 410 g/mol. The average molecular weight is 419 g/mol. The van der Waals surface area contributed by atoms with Gasteiger partial charge >= 0.3 is 5.97 Å². The van der Waals surface area contributed by atoms with Crippen LogP contribution in [0.25, 0.3) is 0 Å². The largest absolute Gasteiger partial charge is 0.480 e. The molecule has 0 spiro atoms. The molecule has 1 aromatic heterocycles. The second kappa shape index (κ2) is 6.51. The Kier molecular flexibility index (Phi) is 4.95. The third kappa shape index (κ3) is 3.47. The van der Waals surface area contributed by atoms with Gasteiger partial charge in [-0.2, -0.15) is 0 Å². The van der Waals surface area contributed by atoms with Crippen LogP contribution in [-0.2, 0) is 4.79 Å². The summed E-state index contributed by atoms with van der Waals surface area (Å²) in [6, 6.07) is 10.4. The first-order chi connectivity index (χ1) is 9.49. The van der Waals surface area contributed by atoms with Crippen molar-refractivity contribution >= 4 is 60.8 Å². The summed E-state index contributed by atoms with van der Waals surface area (Å²) in [7, 11) is 0. The van der Waals surface area contributed by atoms with Gasteiger partial charge in [-0.25, -0.2) is 0 Å². The van der Waals surface area contributed by atoms with Gasteiger partial charge in [0, 0.05) is 10.2 Å². The molecule has 7 heteroatoms. The molecule has 1 heterocycles. The van der Waals surface area contributed by atoms with Gasteiger partial charge < -0.3 is 5.11 Å². The third-order valence-corrected chi connectivity index (χ3v) is 5.71. The maximum Gasteiger partial charge on any atom is 0.323 e. The predicted octanol–water partition coefficient (Wildman–Crippen LogP) is 4.00. The molecule has 0 bridgehead atoms. The molecule has 1 aromatic carbocycles. The van der Waals surface area contributed by atoms with Crippen LogP contribution in [0, 0.1) is 0 Å². The summed E-state index contributed by atoms with van der Waals surface area (Å²) in [5.74, 6) is -1.40. The zero-order valence-corrected chi connectivity index (χ0v) is 14.0. The summed E-state index contributed by atoms with van der Waals surface area (Å²) in [5.41, 5.74) is 0.556. The number of carboxylic acids is 1. The van der Waals surface area contributed by atoms with Gasteiger partial charge in [0.05, 0.1) is 8.66 Å². The summed E-state index contributed by atoms with van der Waals surface area (Å²) in [6.45, 7) is -0.379. The number of carbonyl (C=O) groups excluding carboxylic acids is 1. The highest BCUT2D eigenvalue weighted by Crippen LogP contribution is 2.33. The van der Waals surface area contributed by atoms with Crippen LogP contribution in [0.4, 0.5) is 5.69 Å². The number of amides is 1. The van der Waals surface area contributed by atoms with Crippen LogP contribution in [0.5, 0.6) is 0 Å². The number of carboxylic acid groups (broad SMARTS) is 1. The van der Waals surface area contributed by atoms with E-state index < -0.39 is 5.97 Å². The van der Waals surface area contributed by atoms with E-state index in [0.29, 0.717) is 10.6 Å². The Balaban J connectivity index is 2.36. The molecule has 0 aliphatic rings. The van der Waals surface area contributed by atoms with Gasteiger partial charge in [-0.3, -0.25) is 14.5 Å². The fourth-order valence-corrected chi connectivity index (χ4v) is 3.59. The number of para-hydroxylation sites is 1. The van der Waals surface area contributed by atoms with Crippen molar-refractivity contribution in [2.45, 2.75) is 0 Å². The van der Waals surface area contributed by atoms with Crippen molar-refractivity contribution < 1.29 is 14.7 Å². The smallest absolute Gasteiger partial charge is 0.323 e. The highest BCUT2D eigenvalue weighted by Gasteiger charge is 2.22. The Morgan fingerprint density at radius 1 is 1.20 bits per heavy atom. The summed E-state index contributed by atoms with van der Waals surface area (Å²) >= 11 is 7.90. The van der Waals surface area contributed by atoms with Gasteiger partial charge in [0.2, 0.25) is 0 Å². The summed E-state index contributed by atoms with van der Waals surface area (Å²) in [5, 5.41) is 8.99. The fraction of sp³-hybridized carbons (Fsp3) is 0.0769. The Labute approximate surface area is 136 Å². The lowest BCUT2D eigenvalue weighted by atomic mass is 10.2. The number of carbonyl (C=O) groups is 2. The number of thiophene rings is 1. The number of nitrogens with zero attached hydrogens (tertiary/aromatic N) is 1. The average Bonchev–Trinajstić information content (AvgIpc) is 2.76. The first kappa shape index (κ1) is 15.2. The molecule has 1 N–H and O–H groups in total. The van der Waals surface area contributed by atoms with E-state index in [4.69, 9.17) is 5.11 Å². The number of hydrogen-bond donors (Lipinski definition) is 1. The van der Waals surface area contributed by atoms with Crippen LogP contribution in [0.3, 0.4) is 0 Å². The first-order valence-corrected chi connectivity index (χ1v) is 7.93. The van der Waals surface area contributed by atoms with Crippen molar-refractivity contribution in [3.05, 3.63) is 49.5 Å². The second-order valence-electron chi connectivity index (χ2n) is 3.85. The second-order valence-corrected chi connectivity index (χ2v) is 7.08. The van der Waals surface area contributed by atoms with E-state index in [1.165, 1.54) is 16.2 Å². The molecule has 0 radical (unpaired) electrons. The molecule has 104 valence electrons. The SMILES string of the molecule is O=C(O)CN(C(=O)c1cc(Br)c(Br)s1)c1ccccc1. The minimum Gasteiger partial charge on any atom is -0.480 e. The van der Waals surface area contributed by atoms with E-state index in [2.05, 4.69) is 31.9 Å². The van der Waals surface area contributed by atoms with E-state index in [-0.39, 0.29) is 12.5 Å². The molecule has 2 aromatic rings. The van der Waals surface area contributed by atoms with Crippen molar-refractivity contribution in [3.63, 3.8) is 0 Å². The number of rotatable bonds is 4. The van der Waals surface area contributed by atoms with Crippen LogP contribution in [0.2, 0.25) is 0 Å². The van der Waals surface area contributed by atoms with Crippen LogP contribution in [0.15, 0.2) is 44.7 Å². The van der Waals surface area contributed by atoms with E-state index >= 15 is 0 Å². The molecule has 0 saturated heterocycles. The van der Waals surface area contributed by atoms with Gasteiger partial charge in [-0.1, -0.05) is 18.2 Å². The fourth-order valence-electron chi connectivity index (χ4n) is 1.61. The molecular formula is C13H9Br2NO3S. The highest BCUT2D eigenvalue weighted by atomic mass is 79.9. The number of anilines is 1. The van der Waals surface area contributed by atoms with Gasteiger partial charge in [0.25, 0.3) is 5.91 Å². The lowest BCUT2D eigenvalue weighted by Crippen LogP contribution is -2.35. The van der Waals surface area contributed by atoms with Crippen molar-refractivity contribution in [1.29, 1.82) is 0 Å². The van der Waals surface area contributed by atoms with Crippen LogP contribution in [0.1, 0.15) is 9.67 Å². The van der Waals surface area contributed by atoms with E-state index in [9.17, 15) is 9.59 Å². The Morgan fingerprint density at radius 3 is 2.35 bits per heavy atom. The molecule has 0 unspecified atom stereocenters. The quantitative estimate of drug-likeness (QED) is 0.816. The Bertz CT molecular complexity index is 623. The maximum absolute atomic E-state index is 12.5. The zero-order chi connectivity index (χ0) is 14.7. The number of aliphatic carboxylic acids is 1. The summed E-state index contributed by atoms with van der Waals surface area (Å²) < 4.78 is 1.57. The van der Waals surface area contributed by atoms with Crippen LogP contribution in [-0.4, -0.2) is 23.5 Å². The summed E-state index contributed by atoms with van der Waals surface area (Å²) in [4.78, 5) is 25.2. The molecule has 0 fully saturated rings. The third-order valence-electron chi connectivity index (χ3n) is 2.46. The first-order valence-electron chi connectivity index (χ1n) is 5.52. The van der Waals surface area contributed by atoms with Gasteiger partial charge in [-0.05, 0) is 50.1 Å². The lowest BCUT2D eigenvalue weighted by Gasteiger charge is -2.19. The molecule has 2 rings (SSSR count). The number of benzene rings is 1. The molecule has 0 aliphatic heterocycles. The van der Waals surface area contributed by atoms with Crippen molar-refractivity contribution in [2.75, 3.05) is 11.4 Å². The molecule has 0 atom stereocenters. The van der Waals surface area contributed by atoms with Crippen LogP contribution >= 0.6 is 43.2 Å². The molecule has 0 aliphatic carbocycles.